The zero-order valence-corrected chi connectivity index (χ0v) is 12.4. The van der Waals surface area contributed by atoms with Gasteiger partial charge in [0, 0.05) is 19.6 Å². The zero-order chi connectivity index (χ0) is 16.3. The molecule has 8 heteroatoms. The largest absolute Gasteiger partial charge is 0.416 e. The molecule has 3 rings (SSSR count). The summed E-state index contributed by atoms with van der Waals surface area (Å²) in [7, 11) is 0. The minimum absolute atomic E-state index is 0.346. The number of morpholine rings is 1. The van der Waals surface area contributed by atoms with Gasteiger partial charge < -0.3 is 4.74 Å². The number of halogens is 3. The molecule has 0 saturated carbocycles. The van der Waals surface area contributed by atoms with E-state index in [9.17, 15) is 13.2 Å². The Morgan fingerprint density at radius 2 is 2.13 bits per heavy atom. The van der Waals surface area contributed by atoms with Crippen LogP contribution in [0.25, 0.3) is 0 Å². The number of alkyl halides is 3. The highest BCUT2D eigenvalue weighted by Crippen LogP contribution is 2.32. The highest BCUT2D eigenvalue weighted by Gasteiger charge is 2.31. The molecule has 124 valence electrons. The van der Waals surface area contributed by atoms with Crippen molar-refractivity contribution in [3.05, 3.63) is 48.0 Å². The van der Waals surface area contributed by atoms with Gasteiger partial charge in [-0.15, -0.1) is 0 Å². The standard InChI is InChI=1S/C15H17F3N4O/c16-15(17,18)13-3-1-2-12(8-13)14-9-21(6-7-23-14)4-5-22-11-19-10-20-22/h1-3,8,10-11,14H,4-7,9H2/t14-/m1/s1. The van der Waals surface area contributed by atoms with Gasteiger partial charge in [0.15, 0.2) is 0 Å². The molecule has 1 fully saturated rings. The van der Waals surface area contributed by atoms with E-state index in [1.54, 1.807) is 17.1 Å². The average Bonchev–Trinajstić information content (AvgIpc) is 3.06. The van der Waals surface area contributed by atoms with E-state index in [4.69, 9.17) is 4.74 Å². The van der Waals surface area contributed by atoms with Crippen molar-refractivity contribution in [3.63, 3.8) is 0 Å². The van der Waals surface area contributed by atoms with Crippen LogP contribution in [-0.4, -0.2) is 45.9 Å². The molecule has 1 aliphatic rings. The van der Waals surface area contributed by atoms with Crippen molar-refractivity contribution in [2.45, 2.75) is 18.8 Å². The molecule has 1 aliphatic heterocycles. The van der Waals surface area contributed by atoms with Gasteiger partial charge in [0.2, 0.25) is 0 Å². The predicted octanol–water partition coefficient (Wildman–Crippen LogP) is 2.37. The third kappa shape index (κ3) is 4.08. The highest BCUT2D eigenvalue weighted by molar-refractivity contribution is 5.27. The van der Waals surface area contributed by atoms with Gasteiger partial charge in [0.1, 0.15) is 12.7 Å². The van der Waals surface area contributed by atoms with Crippen LogP contribution in [0.2, 0.25) is 0 Å². The van der Waals surface area contributed by atoms with E-state index in [2.05, 4.69) is 15.0 Å². The van der Waals surface area contributed by atoms with Crippen molar-refractivity contribution >= 4 is 0 Å². The van der Waals surface area contributed by atoms with Crippen LogP contribution < -0.4 is 0 Å². The summed E-state index contributed by atoms with van der Waals surface area (Å²) >= 11 is 0. The van der Waals surface area contributed by atoms with E-state index in [1.165, 1.54) is 18.5 Å². The summed E-state index contributed by atoms with van der Waals surface area (Å²) in [5.41, 5.74) is -0.0800. The van der Waals surface area contributed by atoms with Gasteiger partial charge in [-0.25, -0.2) is 4.98 Å². The first kappa shape index (κ1) is 15.9. The Morgan fingerprint density at radius 1 is 1.26 bits per heavy atom. The Hall–Kier alpha value is -1.93. The zero-order valence-electron chi connectivity index (χ0n) is 12.4. The Morgan fingerprint density at radius 3 is 2.87 bits per heavy atom. The molecule has 0 radical (unpaired) electrons. The molecule has 0 bridgehead atoms. The first-order chi connectivity index (χ1) is 11.0. The molecule has 0 N–H and O–H groups in total. The van der Waals surface area contributed by atoms with Crippen molar-refractivity contribution in [2.75, 3.05) is 26.2 Å². The maximum absolute atomic E-state index is 12.8. The van der Waals surface area contributed by atoms with Crippen LogP contribution in [0.4, 0.5) is 13.2 Å². The van der Waals surface area contributed by atoms with Crippen LogP contribution in [0, 0.1) is 0 Å². The average molecular weight is 326 g/mol. The fraction of sp³-hybridized carbons (Fsp3) is 0.467. The van der Waals surface area contributed by atoms with Crippen molar-refractivity contribution < 1.29 is 17.9 Å². The first-order valence-electron chi connectivity index (χ1n) is 7.36. The Labute approximate surface area is 131 Å². The molecule has 1 aromatic heterocycles. The van der Waals surface area contributed by atoms with Crippen LogP contribution in [0.3, 0.4) is 0 Å². The number of benzene rings is 1. The minimum atomic E-state index is -4.34. The Kier molecular flexibility index (Phi) is 4.63. The second-order valence-electron chi connectivity index (χ2n) is 5.44. The van der Waals surface area contributed by atoms with Crippen LogP contribution in [0.1, 0.15) is 17.2 Å². The first-order valence-corrected chi connectivity index (χ1v) is 7.36. The monoisotopic (exact) mass is 326 g/mol. The number of ether oxygens (including phenoxy) is 1. The summed E-state index contributed by atoms with van der Waals surface area (Å²) in [4.78, 5) is 6.05. The number of nitrogens with zero attached hydrogens (tertiary/aromatic N) is 4. The topological polar surface area (TPSA) is 43.2 Å². The maximum atomic E-state index is 12.8. The fourth-order valence-corrected chi connectivity index (χ4v) is 2.61. The lowest BCUT2D eigenvalue weighted by Crippen LogP contribution is -2.40. The summed E-state index contributed by atoms with van der Waals surface area (Å²) < 4.78 is 45.9. The van der Waals surface area contributed by atoms with Gasteiger partial charge in [0.25, 0.3) is 0 Å². The van der Waals surface area contributed by atoms with E-state index in [0.29, 0.717) is 25.3 Å². The third-order valence-electron chi connectivity index (χ3n) is 3.85. The van der Waals surface area contributed by atoms with Crippen molar-refractivity contribution in [1.29, 1.82) is 0 Å². The summed E-state index contributed by atoms with van der Waals surface area (Å²) in [6.07, 6.45) is -1.56. The van der Waals surface area contributed by atoms with Crippen LogP contribution in [0.15, 0.2) is 36.9 Å². The van der Waals surface area contributed by atoms with Crippen LogP contribution in [0.5, 0.6) is 0 Å². The van der Waals surface area contributed by atoms with Gasteiger partial charge in [-0.2, -0.15) is 18.3 Å². The summed E-state index contributed by atoms with van der Waals surface area (Å²) in [6.45, 7) is 3.26. The molecule has 1 saturated heterocycles. The number of aromatic nitrogens is 3. The summed E-state index contributed by atoms with van der Waals surface area (Å²) in [5, 5.41) is 4.04. The van der Waals surface area contributed by atoms with Gasteiger partial charge >= 0.3 is 6.18 Å². The second kappa shape index (κ2) is 6.67. The molecule has 0 aliphatic carbocycles. The molecule has 5 nitrogen and oxygen atoms in total. The van der Waals surface area contributed by atoms with Gasteiger partial charge in [-0.05, 0) is 17.7 Å². The lowest BCUT2D eigenvalue weighted by atomic mass is 10.0. The lowest BCUT2D eigenvalue weighted by Gasteiger charge is -2.33. The van der Waals surface area contributed by atoms with Gasteiger partial charge in [-0.1, -0.05) is 12.1 Å². The Bertz CT molecular complexity index is 630. The quantitative estimate of drug-likeness (QED) is 0.865. The SMILES string of the molecule is FC(F)(F)c1cccc([C@H]2CN(CCn3cncn3)CCO2)c1. The number of hydrogen-bond donors (Lipinski definition) is 0. The molecule has 2 aromatic rings. The van der Waals surface area contributed by atoms with Crippen molar-refractivity contribution in [3.8, 4) is 0 Å². The van der Waals surface area contributed by atoms with Gasteiger partial charge in [0.05, 0.1) is 24.8 Å². The van der Waals surface area contributed by atoms with Crippen molar-refractivity contribution in [2.24, 2.45) is 0 Å². The number of rotatable bonds is 4. The molecule has 23 heavy (non-hydrogen) atoms. The molecule has 2 heterocycles. The maximum Gasteiger partial charge on any atom is 0.416 e. The summed E-state index contributed by atoms with van der Waals surface area (Å²) in [6, 6.07) is 5.36. The minimum Gasteiger partial charge on any atom is -0.371 e. The molecule has 0 amide bonds. The van der Waals surface area contributed by atoms with Crippen molar-refractivity contribution in [1.82, 2.24) is 19.7 Å². The molecular formula is C15H17F3N4O. The number of hydrogen-bond acceptors (Lipinski definition) is 4. The lowest BCUT2D eigenvalue weighted by molar-refractivity contribution is -0.137. The van der Waals surface area contributed by atoms with Gasteiger partial charge in [-0.3, -0.25) is 9.58 Å². The van der Waals surface area contributed by atoms with Crippen LogP contribution in [-0.2, 0) is 17.5 Å². The molecule has 1 aromatic carbocycles. The van der Waals surface area contributed by atoms with E-state index in [0.717, 1.165) is 19.2 Å². The van der Waals surface area contributed by atoms with E-state index in [1.807, 2.05) is 0 Å². The molecule has 0 unspecified atom stereocenters. The predicted molar refractivity (Wildman–Crippen MR) is 76.6 cm³/mol. The molecule has 0 spiro atoms. The Balaban J connectivity index is 1.64. The highest BCUT2D eigenvalue weighted by atomic mass is 19.4. The van der Waals surface area contributed by atoms with E-state index < -0.39 is 11.7 Å². The molecular weight excluding hydrogens is 309 g/mol. The molecule has 1 atom stereocenters. The fourth-order valence-electron chi connectivity index (χ4n) is 2.61. The smallest absolute Gasteiger partial charge is 0.371 e. The van der Waals surface area contributed by atoms with E-state index >= 15 is 0 Å². The summed E-state index contributed by atoms with van der Waals surface area (Å²) in [5.74, 6) is 0. The van der Waals surface area contributed by atoms with Crippen LogP contribution >= 0.6 is 0 Å². The normalized spacial score (nSPS) is 19.9. The third-order valence-corrected chi connectivity index (χ3v) is 3.85. The van der Waals surface area contributed by atoms with E-state index in [-0.39, 0.29) is 6.10 Å². The second-order valence-corrected chi connectivity index (χ2v) is 5.44.